The highest BCUT2D eigenvalue weighted by Crippen LogP contribution is 2.31. The summed E-state index contributed by atoms with van der Waals surface area (Å²) >= 11 is 0. The van der Waals surface area contributed by atoms with Crippen LogP contribution in [0.5, 0.6) is 0 Å². The van der Waals surface area contributed by atoms with E-state index >= 15 is 0 Å². The fourth-order valence-electron chi connectivity index (χ4n) is 1.66. The fourth-order valence-corrected chi connectivity index (χ4v) is 1.66. The van der Waals surface area contributed by atoms with Gasteiger partial charge in [-0.15, -0.1) is 0 Å². The molecule has 0 radical (unpaired) electrons. The molecular weight excluding hydrogens is 235 g/mol. The number of hydrogen-bond donors (Lipinski definition) is 1. The first-order chi connectivity index (χ1) is 7.97. The molecule has 1 fully saturated rings. The monoisotopic (exact) mass is 245 g/mol. The molecule has 17 heavy (non-hydrogen) atoms. The Morgan fingerprint density at radius 3 is 2.76 bits per heavy atom. The van der Waals surface area contributed by atoms with E-state index in [1.54, 1.807) is 0 Å². The second-order valence-corrected chi connectivity index (χ2v) is 3.76. The van der Waals surface area contributed by atoms with Crippen molar-refractivity contribution < 1.29 is 22.7 Å². The van der Waals surface area contributed by atoms with Gasteiger partial charge in [0.2, 0.25) is 5.91 Å². The average molecular weight is 245 g/mol. The number of carbonyl (C=O) groups excluding carboxylic acids is 1. The highest BCUT2D eigenvalue weighted by molar-refractivity contribution is 5.78. The molecule has 1 aromatic rings. The molecule has 0 spiro atoms. The van der Waals surface area contributed by atoms with Crippen LogP contribution in [0.3, 0.4) is 0 Å². The second-order valence-electron chi connectivity index (χ2n) is 3.76. The minimum absolute atomic E-state index is 0.0462. The number of morpholine rings is 1. The van der Waals surface area contributed by atoms with Crippen LogP contribution in [0.2, 0.25) is 0 Å². The van der Waals surface area contributed by atoms with Crippen molar-refractivity contribution in [2.75, 3.05) is 13.2 Å². The number of amides is 1. The van der Waals surface area contributed by atoms with Gasteiger partial charge in [-0.25, -0.2) is 0 Å². The van der Waals surface area contributed by atoms with Gasteiger partial charge in [-0.2, -0.15) is 13.2 Å². The Morgan fingerprint density at radius 2 is 2.12 bits per heavy atom. The van der Waals surface area contributed by atoms with E-state index in [0.717, 1.165) is 12.1 Å². The molecular formula is C11H10F3NO2. The number of alkyl halides is 3. The molecule has 0 aromatic heterocycles. The van der Waals surface area contributed by atoms with Crippen LogP contribution in [0.1, 0.15) is 17.2 Å². The first-order valence-corrected chi connectivity index (χ1v) is 5.01. The number of nitrogens with one attached hydrogen (secondary N) is 1. The molecule has 1 aliphatic heterocycles. The minimum atomic E-state index is -4.38. The molecule has 3 nitrogen and oxygen atoms in total. The molecule has 1 aromatic carbocycles. The van der Waals surface area contributed by atoms with Gasteiger partial charge in [0.15, 0.2) is 0 Å². The van der Waals surface area contributed by atoms with Gasteiger partial charge < -0.3 is 10.1 Å². The zero-order valence-electron chi connectivity index (χ0n) is 8.75. The minimum Gasteiger partial charge on any atom is -0.369 e. The van der Waals surface area contributed by atoms with Crippen LogP contribution < -0.4 is 5.32 Å². The largest absolute Gasteiger partial charge is 0.416 e. The van der Waals surface area contributed by atoms with E-state index in [4.69, 9.17) is 4.74 Å². The van der Waals surface area contributed by atoms with Crippen molar-refractivity contribution in [2.24, 2.45) is 0 Å². The maximum absolute atomic E-state index is 12.5. The number of halogens is 3. The molecule has 1 aliphatic rings. The number of ether oxygens (including phenoxy) is 1. The Morgan fingerprint density at radius 1 is 1.35 bits per heavy atom. The van der Waals surface area contributed by atoms with Crippen LogP contribution in [0, 0.1) is 0 Å². The van der Waals surface area contributed by atoms with E-state index in [2.05, 4.69) is 5.32 Å². The van der Waals surface area contributed by atoms with E-state index in [-0.39, 0.29) is 19.1 Å². The summed E-state index contributed by atoms with van der Waals surface area (Å²) in [5, 5.41) is 2.58. The molecule has 1 saturated heterocycles. The van der Waals surface area contributed by atoms with Crippen LogP contribution in [0.4, 0.5) is 13.2 Å². The summed E-state index contributed by atoms with van der Waals surface area (Å²) < 4.78 is 42.5. The van der Waals surface area contributed by atoms with Crippen LogP contribution in [0.15, 0.2) is 24.3 Å². The Balaban J connectivity index is 2.24. The molecule has 6 heteroatoms. The van der Waals surface area contributed by atoms with E-state index in [9.17, 15) is 18.0 Å². The molecule has 1 atom stereocenters. The summed E-state index contributed by atoms with van der Waals surface area (Å²) in [7, 11) is 0. The van der Waals surface area contributed by atoms with Gasteiger partial charge in [0, 0.05) is 0 Å². The molecule has 0 saturated carbocycles. The number of hydrogen-bond acceptors (Lipinski definition) is 2. The highest BCUT2D eigenvalue weighted by atomic mass is 19.4. The van der Waals surface area contributed by atoms with E-state index in [1.807, 2.05) is 0 Å². The van der Waals surface area contributed by atoms with Crippen molar-refractivity contribution in [3.8, 4) is 0 Å². The summed E-state index contributed by atoms with van der Waals surface area (Å²) in [6, 6.07) is 4.36. The molecule has 2 rings (SSSR count). The van der Waals surface area contributed by atoms with Crippen molar-refractivity contribution in [2.45, 2.75) is 12.2 Å². The Bertz CT molecular complexity index is 431. The summed E-state index contributed by atoms with van der Waals surface area (Å²) in [5.74, 6) is -0.321. The first-order valence-electron chi connectivity index (χ1n) is 5.01. The number of carbonyl (C=O) groups is 1. The lowest BCUT2D eigenvalue weighted by Crippen LogP contribution is -2.39. The molecule has 1 N–H and O–H groups in total. The van der Waals surface area contributed by atoms with Gasteiger partial charge in [-0.3, -0.25) is 4.79 Å². The van der Waals surface area contributed by atoms with Crippen LogP contribution in [0.25, 0.3) is 0 Å². The normalized spacial score (nSPS) is 21.1. The quantitative estimate of drug-likeness (QED) is 0.820. The zero-order valence-corrected chi connectivity index (χ0v) is 8.75. The van der Waals surface area contributed by atoms with Crippen molar-refractivity contribution >= 4 is 5.91 Å². The summed E-state index contributed by atoms with van der Waals surface area (Å²) in [6.07, 6.45) is -4.38. The van der Waals surface area contributed by atoms with E-state index < -0.39 is 17.8 Å². The van der Waals surface area contributed by atoms with Crippen molar-refractivity contribution in [1.82, 2.24) is 5.32 Å². The van der Waals surface area contributed by atoms with Gasteiger partial charge in [0.1, 0.15) is 6.61 Å². The predicted octanol–water partition coefficient (Wildman–Crippen LogP) is 1.89. The molecule has 0 unspecified atom stereocenters. The molecule has 92 valence electrons. The number of benzene rings is 1. The predicted molar refractivity (Wildman–Crippen MR) is 53.1 cm³/mol. The van der Waals surface area contributed by atoms with Crippen molar-refractivity contribution in [3.05, 3.63) is 35.4 Å². The van der Waals surface area contributed by atoms with Gasteiger partial charge in [-0.1, -0.05) is 12.1 Å². The lowest BCUT2D eigenvalue weighted by molar-refractivity contribution is -0.137. The van der Waals surface area contributed by atoms with E-state index in [0.29, 0.717) is 5.56 Å². The SMILES string of the molecule is O=C1COC[C@H](c2cccc(C(F)(F)F)c2)N1. The fraction of sp³-hybridized carbons (Fsp3) is 0.364. The Hall–Kier alpha value is -1.56. The summed E-state index contributed by atoms with van der Waals surface area (Å²) in [4.78, 5) is 11.1. The zero-order chi connectivity index (χ0) is 12.5. The third-order valence-electron chi connectivity index (χ3n) is 2.47. The van der Waals surface area contributed by atoms with Crippen molar-refractivity contribution in [3.63, 3.8) is 0 Å². The van der Waals surface area contributed by atoms with Crippen molar-refractivity contribution in [1.29, 1.82) is 0 Å². The third kappa shape index (κ3) is 2.76. The second kappa shape index (κ2) is 4.37. The lowest BCUT2D eigenvalue weighted by atomic mass is 10.0. The Kier molecular flexibility index (Phi) is 3.06. The molecule has 0 aliphatic carbocycles. The van der Waals surface area contributed by atoms with E-state index in [1.165, 1.54) is 12.1 Å². The summed E-state index contributed by atoms with van der Waals surface area (Å²) in [5.41, 5.74) is -0.331. The smallest absolute Gasteiger partial charge is 0.369 e. The van der Waals surface area contributed by atoms with Crippen LogP contribution in [-0.2, 0) is 15.7 Å². The maximum Gasteiger partial charge on any atom is 0.416 e. The molecule has 1 amide bonds. The van der Waals surface area contributed by atoms with Gasteiger partial charge in [-0.05, 0) is 17.7 Å². The third-order valence-corrected chi connectivity index (χ3v) is 2.47. The molecule has 1 heterocycles. The topological polar surface area (TPSA) is 38.3 Å². The first kappa shape index (κ1) is 11.9. The highest BCUT2D eigenvalue weighted by Gasteiger charge is 2.31. The van der Waals surface area contributed by atoms with Crippen LogP contribution in [-0.4, -0.2) is 19.1 Å². The Labute approximate surface area is 95.6 Å². The van der Waals surface area contributed by atoms with Gasteiger partial charge in [0.25, 0.3) is 0 Å². The standard InChI is InChI=1S/C11H10F3NO2/c12-11(13,14)8-3-1-2-7(4-8)9-5-17-6-10(16)15-9/h1-4,9H,5-6H2,(H,15,16)/t9-/m1/s1. The average Bonchev–Trinajstić information content (AvgIpc) is 2.28. The van der Waals surface area contributed by atoms with Gasteiger partial charge in [0.05, 0.1) is 18.2 Å². The molecule has 0 bridgehead atoms. The van der Waals surface area contributed by atoms with Gasteiger partial charge >= 0.3 is 6.18 Å². The lowest BCUT2D eigenvalue weighted by Gasteiger charge is -2.24. The number of rotatable bonds is 1. The maximum atomic E-state index is 12.5. The van der Waals surface area contributed by atoms with Crippen LogP contribution >= 0.6 is 0 Å². The summed E-state index contributed by atoms with van der Waals surface area (Å²) in [6.45, 7) is 0.141.